The van der Waals surface area contributed by atoms with Crippen LogP contribution in [0.5, 0.6) is 0 Å². The van der Waals surface area contributed by atoms with Crippen LogP contribution >= 0.6 is 11.8 Å². The van der Waals surface area contributed by atoms with Gasteiger partial charge in [0.05, 0.1) is 5.69 Å². The highest BCUT2D eigenvalue weighted by Crippen LogP contribution is 2.16. The van der Waals surface area contributed by atoms with Gasteiger partial charge in [0.15, 0.2) is 0 Å². The number of nitrogens with zero attached hydrogens (tertiary/aromatic N) is 1. The van der Waals surface area contributed by atoms with Gasteiger partial charge >= 0.3 is 0 Å². The Kier molecular flexibility index (Phi) is 4.98. The standard InChI is InChI=1S/C11H18N2S/c1-9(2)7-14-8-10-4-3-5-13-11(10)6-12/h3-5,9H,6-8,12H2,1-2H3. The molecule has 0 amide bonds. The van der Waals surface area contributed by atoms with Crippen molar-refractivity contribution in [3.8, 4) is 0 Å². The van der Waals surface area contributed by atoms with Gasteiger partial charge in [0.2, 0.25) is 0 Å². The third-order valence-corrected chi connectivity index (χ3v) is 3.30. The van der Waals surface area contributed by atoms with E-state index in [1.807, 2.05) is 17.8 Å². The van der Waals surface area contributed by atoms with Gasteiger partial charge in [0, 0.05) is 18.5 Å². The van der Waals surface area contributed by atoms with Crippen molar-refractivity contribution in [2.45, 2.75) is 26.1 Å². The van der Waals surface area contributed by atoms with Crippen molar-refractivity contribution >= 4 is 11.8 Å². The summed E-state index contributed by atoms with van der Waals surface area (Å²) in [5.41, 5.74) is 7.92. The molecule has 14 heavy (non-hydrogen) atoms. The molecule has 0 spiro atoms. The lowest BCUT2D eigenvalue weighted by atomic mass is 10.2. The van der Waals surface area contributed by atoms with Crippen molar-refractivity contribution in [1.29, 1.82) is 0 Å². The molecule has 0 unspecified atom stereocenters. The van der Waals surface area contributed by atoms with Crippen molar-refractivity contribution in [1.82, 2.24) is 4.98 Å². The van der Waals surface area contributed by atoms with Crippen LogP contribution in [0.1, 0.15) is 25.1 Å². The highest BCUT2D eigenvalue weighted by molar-refractivity contribution is 7.98. The molecule has 0 fully saturated rings. The fraction of sp³-hybridized carbons (Fsp3) is 0.545. The maximum absolute atomic E-state index is 5.61. The minimum atomic E-state index is 0.540. The summed E-state index contributed by atoms with van der Waals surface area (Å²) in [6.07, 6.45) is 1.80. The fourth-order valence-corrected chi connectivity index (χ4v) is 2.26. The first-order chi connectivity index (χ1) is 6.74. The second-order valence-corrected chi connectivity index (χ2v) is 4.75. The van der Waals surface area contributed by atoms with E-state index in [1.54, 1.807) is 6.20 Å². The highest BCUT2D eigenvalue weighted by Gasteiger charge is 2.02. The van der Waals surface area contributed by atoms with Gasteiger partial charge in [-0.05, 0) is 23.3 Å². The third kappa shape index (κ3) is 3.68. The van der Waals surface area contributed by atoms with Gasteiger partial charge < -0.3 is 5.73 Å². The molecule has 3 heteroatoms. The summed E-state index contributed by atoms with van der Waals surface area (Å²) >= 11 is 1.95. The van der Waals surface area contributed by atoms with Gasteiger partial charge in [-0.2, -0.15) is 11.8 Å². The molecule has 1 heterocycles. The summed E-state index contributed by atoms with van der Waals surface area (Å²) < 4.78 is 0. The molecule has 2 nitrogen and oxygen atoms in total. The van der Waals surface area contributed by atoms with E-state index < -0.39 is 0 Å². The van der Waals surface area contributed by atoms with E-state index in [0.717, 1.165) is 17.4 Å². The Hall–Kier alpha value is -0.540. The lowest BCUT2D eigenvalue weighted by Gasteiger charge is -2.07. The molecule has 0 aromatic carbocycles. The molecule has 1 aromatic rings. The molecule has 0 atom stereocenters. The van der Waals surface area contributed by atoms with Crippen LogP contribution in [0.25, 0.3) is 0 Å². The third-order valence-electron chi connectivity index (χ3n) is 1.89. The largest absolute Gasteiger partial charge is 0.325 e. The van der Waals surface area contributed by atoms with Crippen molar-refractivity contribution < 1.29 is 0 Å². The second kappa shape index (κ2) is 6.04. The monoisotopic (exact) mass is 210 g/mol. The molecule has 0 saturated carbocycles. The molecular formula is C11H18N2S. The molecular weight excluding hydrogens is 192 g/mol. The second-order valence-electron chi connectivity index (χ2n) is 3.72. The predicted octanol–water partition coefficient (Wildman–Crippen LogP) is 2.43. The van der Waals surface area contributed by atoms with Crippen LogP contribution in [-0.4, -0.2) is 10.7 Å². The first kappa shape index (κ1) is 11.5. The Morgan fingerprint density at radius 2 is 2.29 bits per heavy atom. The fourth-order valence-electron chi connectivity index (χ4n) is 1.19. The van der Waals surface area contributed by atoms with Crippen LogP contribution in [0.2, 0.25) is 0 Å². The maximum Gasteiger partial charge on any atom is 0.0579 e. The first-order valence-electron chi connectivity index (χ1n) is 4.94. The Morgan fingerprint density at radius 1 is 1.50 bits per heavy atom. The molecule has 0 aliphatic heterocycles. The normalized spacial score (nSPS) is 10.9. The first-order valence-corrected chi connectivity index (χ1v) is 6.10. The number of hydrogen-bond donors (Lipinski definition) is 1. The molecule has 2 N–H and O–H groups in total. The molecule has 0 aliphatic carbocycles. The zero-order chi connectivity index (χ0) is 10.4. The van der Waals surface area contributed by atoms with Crippen LogP contribution in [0.3, 0.4) is 0 Å². The van der Waals surface area contributed by atoms with Gasteiger partial charge in [0.25, 0.3) is 0 Å². The molecule has 0 aliphatic rings. The minimum absolute atomic E-state index is 0.540. The Bertz CT molecular complexity index is 274. The van der Waals surface area contributed by atoms with Gasteiger partial charge in [0.1, 0.15) is 0 Å². The van der Waals surface area contributed by atoms with E-state index in [2.05, 4.69) is 24.9 Å². The summed E-state index contributed by atoms with van der Waals surface area (Å²) in [5, 5.41) is 0. The van der Waals surface area contributed by atoms with Crippen molar-refractivity contribution in [2.75, 3.05) is 5.75 Å². The summed E-state index contributed by atoms with van der Waals surface area (Å²) in [5.74, 6) is 2.97. The van der Waals surface area contributed by atoms with Crippen LogP contribution < -0.4 is 5.73 Å². The van der Waals surface area contributed by atoms with E-state index >= 15 is 0 Å². The molecule has 1 rings (SSSR count). The predicted molar refractivity (Wildman–Crippen MR) is 63.1 cm³/mol. The van der Waals surface area contributed by atoms with Crippen molar-refractivity contribution in [3.05, 3.63) is 29.6 Å². The Balaban J connectivity index is 2.49. The van der Waals surface area contributed by atoms with Gasteiger partial charge in [-0.3, -0.25) is 4.98 Å². The van der Waals surface area contributed by atoms with Gasteiger partial charge in [-0.15, -0.1) is 0 Å². The summed E-state index contributed by atoms with van der Waals surface area (Å²) in [4.78, 5) is 4.26. The highest BCUT2D eigenvalue weighted by atomic mass is 32.2. The van der Waals surface area contributed by atoms with Crippen LogP contribution in [0, 0.1) is 5.92 Å². The van der Waals surface area contributed by atoms with E-state index in [-0.39, 0.29) is 0 Å². The zero-order valence-electron chi connectivity index (χ0n) is 8.86. The number of aromatic nitrogens is 1. The lowest BCUT2D eigenvalue weighted by Crippen LogP contribution is -2.03. The van der Waals surface area contributed by atoms with E-state index in [1.165, 1.54) is 11.3 Å². The summed E-state index contributed by atoms with van der Waals surface area (Å²) in [6, 6.07) is 4.09. The van der Waals surface area contributed by atoms with Crippen molar-refractivity contribution in [2.24, 2.45) is 11.7 Å². The summed E-state index contributed by atoms with van der Waals surface area (Å²) in [7, 11) is 0. The SMILES string of the molecule is CC(C)CSCc1cccnc1CN. The lowest BCUT2D eigenvalue weighted by molar-refractivity contribution is 0.750. The minimum Gasteiger partial charge on any atom is -0.325 e. The van der Waals surface area contributed by atoms with E-state index in [0.29, 0.717) is 6.54 Å². The molecule has 78 valence electrons. The molecule has 0 bridgehead atoms. The Morgan fingerprint density at radius 3 is 2.93 bits per heavy atom. The molecule has 0 saturated heterocycles. The maximum atomic E-state index is 5.61. The topological polar surface area (TPSA) is 38.9 Å². The smallest absolute Gasteiger partial charge is 0.0579 e. The number of pyridine rings is 1. The van der Waals surface area contributed by atoms with E-state index in [9.17, 15) is 0 Å². The van der Waals surface area contributed by atoms with Crippen LogP contribution in [0.4, 0.5) is 0 Å². The molecule has 1 aromatic heterocycles. The number of hydrogen-bond acceptors (Lipinski definition) is 3. The number of rotatable bonds is 5. The Labute approximate surface area is 90.3 Å². The zero-order valence-corrected chi connectivity index (χ0v) is 9.68. The van der Waals surface area contributed by atoms with Gasteiger partial charge in [-0.1, -0.05) is 19.9 Å². The van der Waals surface area contributed by atoms with Crippen molar-refractivity contribution in [3.63, 3.8) is 0 Å². The number of thioether (sulfide) groups is 1. The van der Waals surface area contributed by atoms with E-state index in [4.69, 9.17) is 5.73 Å². The number of nitrogens with two attached hydrogens (primary N) is 1. The average Bonchev–Trinajstić information content (AvgIpc) is 2.18. The quantitative estimate of drug-likeness (QED) is 0.811. The summed E-state index contributed by atoms with van der Waals surface area (Å²) in [6.45, 7) is 5.01. The molecule has 0 radical (unpaired) electrons. The van der Waals surface area contributed by atoms with Gasteiger partial charge in [-0.25, -0.2) is 0 Å². The van der Waals surface area contributed by atoms with Crippen LogP contribution in [0.15, 0.2) is 18.3 Å². The average molecular weight is 210 g/mol. The van der Waals surface area contributed by atoms with Crippen LogP contribution in [-0.2, 0) is 12.3 Å².